The van der Waals surface area contributed by atoms with E-state index in [0.29, 0.717) is 37.3 Å². The second kappa shape index (κ2) is 8.63. The summed E-state index contributed by atoms with van der Waals surface area (Å²) >= 11 is 13.3. The van der Waals surface area contributed by atoms with Crippen LogP contribution in [-0.4, -0.2) is 22.2 Å². The van der Waals surface area contributed by atoms with Crippen LogP contribution in [0.15, 0.2) is 62.8 Å². The zero-order valence-electron chi connectivity index (χ0n) is 16.0. The van der Waals surface area contributed by atoms with Gasteiger partial charge in [-0.1, -0.05) is 35.3 Å². The van der Waals surface area contributed by atoms with E-state index < -0.39 is 5.97 Å². The van der Waals surface area contributed by atoms with Crippen molar-refractivity contribution in [2.24, 2.45) is 4.99 Å². The van der Waals surface area contributed by atoms with Gasteiger partial charge in [0.15, 0.2) is 5.17 Å². The normalized spacial score (nSPS) is 16.2. The minimum atomic E-state index is -0.986. The molecule has 0 unspecified atom stereocenters. The predicted octanol–water partition coefficient (Wildman–Crippen LogP) is 6.15. The largest absolute Gasteiger partial charge is 0.478 e. The van der Waals surface area contributed by atoms with Crippen LogP contribution in [0.5, 0.6) is 0 Å². The van der Waals surface area contributed by atoms with E-state index >= 15 is 0 Å². The Morgan fingerprint density at radius 3 is 2.74 bits per heavy atom. The number of aromatic carboxylic acids is 1. The highest BCUT2D eigenvalue weighted by atomic mass is 35.5. The van der Waals surface area contributed by atoms with Crippen LogP contribution in [0.1, 0.15) is 21.7 Å². The number of carbonyl (C=O) groups excluding carboxylic acids is 1. The maximum Gasteiger partial charge on any atom is 0.335 e. The number of aliphatic imine (C=N–C) groups is 1. The maximum atomic E-state index is 12.3. The van der Waals surface area contributed by atoms with E-state index in [2.05, 4.69) is 10.3 Å². The number of aryl methyl sites for hydroxylation is 1. The van der Waals surface area contributed by atoms with Crippen LogP contribution < -0.4 is 5.32 Å². The number of furan rings is 1. The summed E-state index contributed by atoms with van der Waals surface area (Å²) in [6.45, 7) is 1.81. The Bertz CT molecular complexity index is 1280. The number of benzene rings is 2. The minimum absolute atomic E-state index is 0.209. The Morgan fingerprint density at radius 2 is 2.00 bits per heavy atom. The summed E-state index contributed by atoms with van der Waals surface area (Å²) in [5, 5.41) is 12.9. The van der Waals surface area contributed by atoms with Crippen molar-refractivity contribution in [3.63, 3.8) is 0 Å². The Kier molecular flexibility index (Phi) is 5.91. The second-order valence-corrected chi connectivity index (χ2v) is 8.41. The molecular formula is C22H14Cl2N2O4S. The number of nitrogens with one attached hydrogen (secondary N) is 1. The zero-order chi connectivity index (χ0) is 22.1. The highest BCUT2D eigenvalue weighted by Gasteiger charge is 2.25. The lowest BCUT2D eigenvalue weighted by atomic mass is 10.0. The fourth-order valence-corrected chi connectivity index (χ4v) is 4.10. The van der Waals surface area contributed by atoms with Gasteiger partial charge in [-0.15, -0.1) is 0 Å². The van der Waals surface area contributed by atoms with E-state index in [4.69, 9.17) is 32.7 Å². The van der Waals surface area contributed by atoms with Crippen molar-refractivity contribution in [3.8, 4) is 11.3 Å². The van der Waals surface area contributed by atoms with Crippen molar-refractivity contribution >= 4 is 63.8 Å². The van der Waals surface area contributed by atoms with Gasteiger partial charge in [0.1, 0.15) is 11.5 Å². The van der Waals surface area contributed by atoms with E-state index in [9.17, 15) is 9.59 Å². The van der Waals surface area contributed by atoms with Crippen molar-refractivity contribution in [1.29, 1.82) is 0 Å². The third kappa shape index (κ3) is 4.54. The molecule has 2 aromatic carbocycles. The average molecular weight is 473 g/mol. The van der Waals surface area contributed by atoms with E-state index in [1.54, 1.807) is 48.5 Å². The van der Waals surface area contributed by atoms with Crippen molar-refractivity contribution in [3.05, 3.63) is 80.4 Å². The topological polar surface area (TPSA) is 91.9 Å². The van der Waals surface area contributed by atoms with E-state index in [0.717, 1.165) is 22.9 Å². The standard InChI is InChI=1S/C22H14Cl2N2O4S/c1-11-9-12(21(28)29)5-7-14(11)17-8-6-13(30-17)10-18-20(27)26-22(31-18)25-16-4-2-3-15(23)19(16)24/h2-10H,1H3,(H,28,29)(H,25,26,27)/b18-10-. The van der Waals surface area contributed by atoms with Crippen LogP contribution in [0.3, 0.4) is 0 Å². The Morgan fingerprint density at radius 1 is 1.19 bits per heavy atom. The van der Waals surface area contributed by atoms with Gasteiger partial charge in [-0.3, -0.25) is 4.79 Å². The average Bonchev–Trinajstić information content (AvgIpc) is 3.32. The van der Waals surface area contributed by atoms with Crippen LogP contribution >= 0.6 is 35.0 Å². The first kappa shape index (κ1) is 21.2. The first-order chi connectivity index (χ1) is 14.8. The monoisotopic (exact) mass is 472 g/mol. The molecule has 1 fully saturated rings. The van der Waals surface area contributed by atoms with Gasteiger partial charge in [0.05, 0.1) is 26.2 Å². The molecule has 1 amide bonds. The number of rotatable bonds is 4. The fourth-order valence-electron chi connectivity index (χ4n) is 2.95. The smallest absolute Gasteiger partial charge is 0.335 e. The van der Waals surface area contributed by atoms with Crippen molar-refractivity contribution in [1.82, 2.24) is 5.32 Å². The molecule has 1 aromatic heterocycles. The molecule has 2 N–H and O–H groups in total. The number of hydrogen-bond donors (Lipinski definition) is 2. The Labute approximate surface area is 191 Å². The van der Waals surface area contributed by atoms with Gasteiger partial charge < -0.3 is 14.8 Å². The summed E-state index contributed by atoms with van der Waals surface area (Å²) in [4.78, 5) is 28.2. The first-order valence-corrected chi connectivity index (χ1v) is 10.6. The molecular weight excluding hydrogens is 459 g/mol. The fraction of sp³-hybridized carbons (Fsp3) is 0.0455. The summed E-state index contributed by atoms with van der Waals surface area (Å²) in [5.74, 6) is -0.233. The number of amidine groups is 1. The van der Waals surface area contributed by atoms with Gasteiger partial charge in [-0.25, -0.2) is 9.79 Å². The first-order valence-electron chi connectivity index (χ1n) is 8.99. The van der Waals surface area contributed by atoms with Gasteiger partial charge in [0, 0.05) is 11.6 Å². The molecule has 0 bridgehead atoms. The summed E-state index contributed by atoms with van der Waals surface area (Å²) in [6.07, 6.45) is 1.62. The van der Waals surface area contributed by atoms with Crippen LogP contribution in [0.2, 0.25) is 10.0 Å². The third-order valence-electron chi connectivity index (χ3n) is 4.44. The molecule has 1 saturated heterocycles. The van der Waals surface area contributed by atoms with Crippen LogP contribution in [0, 0.1) is 6.92 Å². The molecule has 2 heterocycles. The van der Waals surface area contributed by atoms with Crippen LogP contribution in [-0.2, 0) is 4.79 Å². The number of halogens is 2. The number of carboxylic acid groups (broad SMARTS) is 1. The molecule has 0 radical (unpaired) electrons. The van der Waals surface area contributed by atoms with E-state index in [1.165, 1.54) is 6.07 Å². The second-order valence-electron chi connectivity index (χ2n) is 6.59. The number of nitrogens with zero attached hydrogens (tertiary/aromatic N) is 1. The molecule has 1 aliphatic rings. The summed E-state index contributed by atoms with van der Waals surface area (Å²) in [5.41, 5.74) is 2.21. The lowest BCUT2D eigenvalue weighted by molar-refractivity contribution is -0.115. The molecule has 156 valence electrons. The SMILES string of the molecule is Cc1cc(C(=O)O)ccc1-c1ccc(/C=C2\SC(=Nc3cccc(Cl)c3Cl)NC2=O)o1. The van der Waals surface area contributed by atoms with Crippen molar-refractivity contribution in [2.75, 3.05) is 0 Å². The molecule has 4 rings (SSSR count). The molecule has 9 heteroatoms. The molecule has 3 aromatic rings. The number of carbonyl (C=O) groups is 2. The Hall–Kier alpha value is -3.00. The van der Waals surface area contributed by atoms with Crippen LogP contribution in [0.4, 0.5) is 5.69 Å². The summed E-state index contributed by atoms with van der Waals surface area (Å²) in [6, 6.07) is 13.4. The minimum Gasteiger partial charge on any atom is -0.478 e. The van der Waals surface area contributed by atoms with Gasteiger partial charge in [-0.05, 0) is 60.6 Å². The lowest BCUT2D eigenvalue weighted by Crippen LogP contribution is -2.19. The van der Waals surface area contributed by atoms with E-state index in [1.807, 2.05) is 6.92 Å². The summed E-state index contributed by atoms with van der Waals surface area (Å²) < 4.78 is 5.85. The highest BCUT2D eigenvalue weighted by Crippen LogP contribution is 2.35. The lowest BCUT2D eigenvalue weighted by Gasteiger charge is -2.04. The van der Waals surface area contributed by atoms with E-state index in [-0.39, 0.29) is 11.5 Å². The van der Waals surface area contributed by atoms with Gasteiger partial charge in [0.25, 0.3) is 5.91 Å². The molecule has 0 saturated carbocycles. The predicted molar refractivity (Wildman–Crippen MR) is 123 cm³/mol. The van der Waals surface area contributed by atoms with Gasteiger partial charge in [-0.2, -0.15) is 0 Å². The number of amides is 1. The van der Waals surface area contributed by atoms with Crippen molar-refractivity contribution in [2.45, 2.75) is 6.92 Å². The molecule has 0 aliphatic carbocycles. The number of thioether (sulfide) groups is 1. The Balaban J connectivity index is 1.57. The molecule has 1 aliphatic heterocycles. The molecule has 31 heavy (non-hydrogen) atoms. The van der Waals surface area contributed by atoms with Gasteiger partial charge >= 0.3 is 5.97 Å². The highest BCUT2D eigenvalue weighted by molar-refractivity contribution is 8.18. The van der Waals surface area contributed by atoms with Crippen molar-refractivity contribution < 1.29 is 19.1 Å². The summed E-state index contributed by atoms with van der Waals surface area (Å²) in [7, 11) is 0. The van der Waals surface area contributed by atoms with Gasteiger partial charge in [0.2, 0.25) is 0 Å². The maximum absolute atomic E-state index is 12.3. The zero-order valence-corrected chi connectivity index (χ0v) is 18.3. The quantitative estimate of drug-likeness (QED) is 0.444. The number of hydrogen-bond acceptors (Lipinski definition) is 5. The van der Waals surface area contributed by atoms with Crippen LogP contribution in [0.25, 0.3) is 17.4 Å². The molecule has 0 atom stereocenters. The number of carboxylic acids is 1. The molecule has 0 spiro atoms. The molecule has 6 nitrogen and oxygen atoms in total. The third-order valence-corrected chi connectivity index (χ3v) is 6.16.